The summed E-state index contributed by atoms with van der Waals surface area (Å²) >= 11 is 0. The summed E-state index contributed by atoms with van der Waals surface area (Å²) in [5, 5.41) is 8.99. The van der Waals surface area contributed by atoms with Gasteiger partial charge in [-0.15, -0.1) is 0 Å². The van der Waals surface area contributed by atoms with Gasteiger partial charge in [0.25, 0.3) is 0 Å². The van der Waals surface area contributed by atoms with Crippen molar-refractivity contribution in [2.24, 2.45) is 0 Å². The third-order valence-corrected chi connectivity index (χ3v) is 1.71. The van der Waals surface area contributed by atoms with Crippen LogP contribution in [0, 0.1) is 0 Å². The number of benzene rings is 1. The molecule has 0 fully saturated rings. The van der Waals surface area contributed by atoms with Crippen molar-refractivity contribution in [1.82, 2.24) is 0 Å². The van der Waals surface area contributed by atoms with Crippen LogP contribution in [0.3, 0.4) is 0 Å². The van der Waals surface area contributed by atoms with E-state index in [2.05, 4.69) is 0 Å². The second kappa shape index (κ2) is 4.72. The smallest absolute Gasteiger partial charge is 0.142 e. The number of nitrogens with two attached hydrogens (primary N) is 1. The number of rotatable bonds is 4. The van der Waals surface area contributed by atoms with Gasteiger partial charge in [-0.3, -0.25) is 0 Å². The maximum Gasteiger partial charge on any atom is 0.142 e. The second-order valence-electron chi connectivity index (χ2n) is 3.02. The molecular weight excluding hydrogens is 166 g/mol. The molecule has 0 aromatic heterocycles. The normalized spacial score (nSPS) is 12.5. The zero-order valence-corrected chi connectivity index (χ0v) is 7.73. The van der Waals surface area contributed by atoms with Crippen LogP contribution in [0.1, 0.15) is 13.3 Å². The van der Waals surface area contributed by atoms with E-state index < -0.39 is 0 Å². The third kappa shape index (κ3) is 3.34. The van der Waals surface area contributed by atoms with Crippen LogP contribution in [0.15, 0.2) is 24.3 Å². The average molecular weight is 181 g/mol. The van der Waals surface area contributed by atoms with Crippen LogP contribution in [0.25, 0.3) is 0 Å². The fraction of sp³-hybridized carbons (Fsp3) is 0.400. The van der Waals surface area contributed by atoms with Crippen molar-refractivity contribution in [2.45, 2.75) is 19.4 Å². The molecule has 0 spiro atoms. The van der Waals surface area contributed by atoms with Crippen LogP contribution < -0.4 is 10.5 Å². The van der Waals surface area contributed by atoms with Gasteiger partial charge in [-0.2, -0.15) is 0 Å². The van der Waals surface area contributed by atoms with Gasteiger partial charge >= 0.3 is 0 Å². The van der Waals surface area contributed by atoms with Crippen LogP contribution >= 0.6 is 0 Å². The molecule has 0 saturated carbocycles. The summed E-state index contributed by atoms with van der Waals surface area (Å²) in [5.74, 6) is 0.683. The van der Waals surface area contributed by atoms with Crippen LogP contribution in [-0.4, -0.2) is 17.8 Å². The Hall–Kier alpha value is -1.22. The highest BCUT2D eigenvalue weighted by atomic mass is 16.5. The molecular formula is C10H15NO2. The minimum Gasteiger partial charge on any atom is -0.491 e. The van der Waals surface area contributed by atoms with Crippen molar-refractivity contribution in [3.05, 3.63) is 24.3 Å². The van der Waals surface area contributed by atoms with Gasteiger partial charge in [0, 0.05) is 6.42 Å². The van der Waals surface area contributed by atoms with Crippen molar-refractivity contribution < 1.29 is 9.84 Å². The number of anilines is 1. The quantitative estimate of drug-likeness (QED) is 0.691. The van der Waals surface area contributed by atoms with Crippen molar-refractivity contribution in [1.29, 1.82) is 0 Å². The maximum atomic E-state index is 8.99. The minimum atomic E-state index is -0.329. The van der Waals surface area contributed by atoms with Crippen LogP contribution in [0.4, 0.5) is 5.69 Å². The Morgan fingerprint density at radius 1 is 1.46 bits per heavy atom. The van der Waals surface area contributed by atoms with Crippen LogP contribution in [0.2, 0.25) is 0 Å². The van der Waals surface area contributed by atoms with Crippen molar-refractivity contribution >= 4 is 5.69 Å². The predicted octanol–water partition coefficient (Wildman–Crippen LogP) is 1.42. The van der Waals surface area contributed by atoms with E-state index in [-0.39, 0.29) is 6.10 Å². The van der Waals surface area contributed by atoms with Crippen LogP contribution in [0.5, 0.6) is 5.75 Å². The third-order valence-electron chi connectivity index (χ3n) is 1.71. The van der Waals surface area contributed by atoms with Gasteiger partial charge in [0.05, 0.1) is 18.4 Å². The Labute approximate surface area is 78.1 Å². The van der Waals surface area contributed by atoms with Gasteiger partial charge < -0.3 is 15.6 Å². The fourth-order valence-electron chi connectivity index (χ4n) is 0.951. The topological polar surface area (TPSA) is 55.5 Å². The molecule has 0 amide bonds. The zero-order chi connectivity index (χ0) is 9.68. The largest absolute Gasteiger partial charge is 0.491 e. The first-order valence-electron chi connectivity index (χ1n) is 4.35. The molecule has 0 bridgehead atoms. The molecule has 0 aliphatic heterocycles. The SMILES string of the molecule is CC(O)CCOc1ccccc1N. The summed E-state index contributed by atoms with van der Waals surface area (Å²) in [6, 6.07) is 7.33. The van der Waals surface area contributed by atoms with E-state index in [4.69, 9.17) is 15.6 Å². The Morgan fingerprint density at radius 3 is 2.77 bits per heavy atom. The fourth-order valence-corrected chi connectivity index (χ4v) is 0.951. The van der Waals surface area contributed by atoms with E-state index in [1.807, 2.05) is 18.2 Å². The summed E-state index contributed by atoms with van der Waals surface area (Å²) in [4.78, 5) is 0. The highest BCUT2D eigenvalue weighted by Gasteiger charge is 1.99. The molecule has 1 unspecified atom stereocenters. The summed E-state index contributed by atoms with van der Waals surface area (Å²) in [6.07, 6.45) is 0.291. The Bertz CT molecular complexity index is 261. The first-order valence-corrected chi connectivity index (χ1v) is 4.35. The molecule has 1 aromatic rings. The number of para-hydroxylation sites is 2. The number of nitrogen functional groups attached to an aromatic ring is 1. The van der Waals surface area contributed by atoms with E-state index in [1.165, 1.54) is 0 Å². The Morgan fingerprint density at radius 2 is 2.15 bits per heavy atom. The highest BCUT2D eigenvalue weighted by Crippen LogP contribution is 2.19. The average Bonchev–Trinajstić information content (AvgIpc) is 2.08. The van der Waals surface area contributed by atoms with E-state index in [0.29, 0.717) is 24.5 Å². The first kappa shape index (κ1) is 9.86. The molecule has 3 N–H and O–H groups in total. The van der Waals surface area contributed by atoms with Gasteiger partial charge in [0.1, 0.15) is 5.75 Å². The molecule has 3 heteroatoms. The molecule has 1 aromatic carbocycles. The molecule has 0 saturated heterocycles. The van der Waals surface area contributed by atoms with Crippen molar-refractivity contribution in [2.75, 3.05) is 12.3 Å². The molecule has 13 heavy (non-hydrogen) atoms. The standard InChI is InChI=1S/C10H15NO2/c1-8(12)6-7-13-10-5-3-2-4-9(10)11/h2-5,8,12H,6-7,11H2,1H3. The van der Waals surface area contributed by atoms with Crippen molar-refractivity contribution in [3.63, 3.8) is 0 Å². The van der Waals surface area contributed by atoms with E-state index in [0.717, 1.165) is 0 Å². The van der Waals surface area contributed by atoms with E-state index in [9.17, 15) is 0 Å². The minimum absolute atomic E-state index is 0.329. The number of aliphatic hydroxyl groups excluding tert-OH is 1. The number of hydrogen-bond donors (Lipinski definition) is 2. The summed E-state index contributed by atoms with van der Waals surface area (Å²) in [7, 11) is 0. The number of hydrogen-bond acceptors (Lipinski definition) is 3. The zero-order valence-electron chi connectivity index (χ0n) is 7.73. The molecule has 3 nitrogen and oxygen atoms in total. The van der Waals surface area contributed by atoms with Gasteiger partial charge in [0.2, 0.25) is 0 Å². The molecule has 0 heterocycles. The highest BCUT2D eigenvalue weighted by molar-refractivity contribution is 5.51. The summed E-state index contributed by atoms with van der Waals surface area (Å²) < 4.78 is 5.36. The molecule has 0 aliphatic rings. The lowest BCUT2D eigenvalue weighted by Gasteiger charge is -2.09. The molecule has 1 rings (SSSR count). The van der Waals surface area contributed by atoms with E-state index in [1.54, 1.807) is 13.0 Å². The summed E-state index contributed by atoms with van der Waals surface area (Å²) in [6.45, 7) is 2.23. The Kier molecular flexibility index (Phi) is 3.58. The first-order chi connectivity index (χ1) is 6.20. The monoisotopic (exact) mass is 181 g/mol. The van der Waals surface area contributed by atoms with Gasteiger partial charge in [-0.25, -0.2) is 0 Å². The van der Waals surface area contributed by atoms with Gasteiger partial charge in [-0.05, 0) is 19.1 Å². The summed E-state index contributed by atoms with van der Waals surface area (Å²) in [5.41, 5.74) is 6.28. The Balaban J connectivity index is 2.41. The maximum absolute atomic E-state index is 8.99. The number of ether oxygens (including phenoxy) is 1. The predicted molar refractivity (Wildman–Crippen MR) is 52.6 cm³/mol. The van der Waals surface area contributed by atoms with Gasteiger partial charge in [-0.1, -0.05) is 12.1 Å². The molecule has 72 valence electrons. The van der Waals surface area contributed by atoms with Crippen molar-refractivity contribution in [3.8, 4) is 5.75 Å². The lowest BCUT2D eigenvalue weighted by molar-refractivity contribution is 0.156. The molecule has 1 atom stereocenters. The lowest BCUT2D eigenvalue weighted by Crippen LogP contribution is -2.08. The lowest BCUT2D eigenvalue weighted by atomic mass is 10.3. The molecule has 0 aliphatic carbocycles. The molecule has 0 radical (unpaired) electrons. The van der Waals surface area contributed by atoms with E-state index >= 15 is 0 Å². The van der Waals surface area contributed by atoms with Crippen LogP contribution in [-0.2, 0) is 0 Å². The second-order valence-corrected chi connectivity index (χ2v) is 3.02. The number of aliphatic hydroxyl groups is 1. The van der Waals surface area contributed by atoms with Gasteiger partial charge in [0.15, 0.2) is 0 Å².